The molecular weight excluding hydrogens is 268 g/mol. The van der Waals surface area contributed by atoms with Gasteiger partial charge in [0.1, 0.15) is 0 Å². The molecule has 2 nitrogen and oxygen atoms in total. The Hall–Kier alpha value is -0.730. The molecule has 0 aliphatic carbocycles. The largest absolute Gasteiger partial charge is 0.370 e. The second kappa shape index (κ2) is 7.33. The molecule has 1 aromatic carbocycles. The molecule has 3 heteroatoms. The minimum Gasteiger partial charge on any atom is -0.370 e. The summed E-state index contributed by atoms with van der Waals surface area (Å²) in [4.78, 5) is 2.48. The van der Waals surface area contributed by atoms with Gasteiger partial charge in [0.25, 0.3) is 0 Å². The van der Waals surface area contributed by atoms with Gasteiger partial charge >= 0.3 is 0 Å². The Morgan fingerprint density at radius 1 is 1.40 bits per heavy atom. The van der Waals surface area contributed by atoms with Crippen LogP contribution in [0.1, 0.15) is 39.2 Å². The van der Waals surface area contributed by atoms with Crippen LogP contribution in [0.4, 0.5) is 5.69 Å². The fourth-order valence-corrected chi connectivity index (χ4v) is 3.23. The molecule has 0 spiro atoms. The maximum Gasteiger partial charge on any atom is 0.0642 e. The zero-order chi connectivity index (χ0) is 14.5. The maximum atomic E-state index is 6.47. The highest BCUT2D eigenvalue weighted by Crippen LogP contribution is 2.34. The predicted octanol–water partition coefficient (Wildman–Crippen LogP) is 4.32. The van der Waals surface area contributed by atoms with Crippen LogP contribution >= 0.6 is 11.6 Å². The number of para-hydroxylation sites is 1. The Morgan fingerprint density at radius 2 is 2.20 bits per heavy atom. The Bertz CT molecular complexity index is 431. The second-order valence-corrected chi connectivity index (χ2v) is 6.69. The molecule has 2 rings (SSSR count). The molecule has 20 heavy (non-hydrogen) atoms. The maximum absolute atomic E-state index is 6.47. The Morgan fingerprint density at radius 3 is 2.85 bits per heavy atom. The van der Waals surface area contributed by atoms with Gasteiger partial charge in [-0.15, -0.1) is 0 Å². The van der Waals surface area contributed by atoms with E-state index in [0.717, 1.165) is 37.1 Å². The van der Waals surface area contributed by atoms with Crippen LogP contribution in [0.3, 0.4) is 0 Å². The average molecular weight is 295 g/mol. The van der Waals surface area contributed by atoms with Gasteiger partial charge in [0.15, 0.2) is 0 Å². The van der Waals surface area contributed by atoms with Gasteiger partial charge in [0.05, 0.1) is 10.7 Å². The first kappa shape index (κ1) is 15.7. The summed E-state index contributed by atoms with van der Waals surface area (Å²) in [6.45, 7) is 11.0. The predicted molar refractivity (Wildman–Crippen MR) is 88.6 cm³/mol. The minimum atomic E-state index is 0.675. The topological polar surface area (TPSA) is 15.3 Å². The number of hydrogen-bond acceptors (Lipinski definition) is 2. The van der Waals surface area contributed by atoms with Crippen LogP contribution in [0, 0.1) is 11.8 Å². The third kappa shape index (κ3) is 3.89. The molecule has 0 radical (unpaired) electrons. The molecule has 0 aromatic heterocycles. The molecule has 1 aliphatic rings. The first-order valence-corrected chi connectivity index (χ1v) is 8.22. The Kier molecular flexibility index (Phi) is 5.74. The molecule has 112 valence electrons. The molecule has 0 amide bonds. The summed E-state index contributed by atoms with van der Waals surface area (Å²) in [5.74, 6) is 1.50. The summed E-state index contributed by atoms with van der Waals surface area (Å²) in [6.07, 6.45) is 2.56. The van der Waals surface area contributed by atoms with Crippen LogP contribution in [0.2, 0.25) is 5.02 Å². The summed E-state index contributed by atoms with van der Waals surface area (Å²) in [5, 5.41) is 4.43. The minimum absolute atomic E-state index is 0.675. The van der Waals surface area contributed by atoms with Crippen LogP contribution in [0.15, 0.2) is 18.2 Å². The summed E-state index contributed by atoms with van der Waals surface area (Å²) < 4.78 is 0. The molecule has 0 bridgehead atoms. The standard InChI is InChI=1S/C17H27ClN2/c1-4-14-8-9-20(12-14)17-15(6-5-7-16(17)18)11-19-10-13(2)3/h5-7,13-14,19H,4,8-12H2,1-3H3. The van der Waals surface area contributed by atoms with Crippen molar-refractivity contribution in [2.75, 3.05) is 24.5 Å². The van der Waals surface area contributed by atoms with Crippen LogP contribution in [-0.4, -0.2) is 19.6 Å². The molecule has 1 aliphatic heterocycles. The van der Waals surface area contributed by atoms with Gasteiger partial charge in [-0.3, -0.25) is 0 Å². The zero-order valence-electron chi connectivity index (χ0n) is 13.0. The lowest BCUT2D eigenvalue weighted by atomic mass is 10.1. The van der Waals surface area contributed by atoms with E-state index >= 15 is 0 Å². The van der Waals surface area contributed by atoms with Crippen molar-refractivity contribution < 1.29 is 0 Å². The van der Waals surface area contributed by atoms with Crippen molar-refractivity contribution in [1.82, 2.24) is 5.32 Å². The highest BCUT2D eigenvalue weighted by atomic mass is 35.5. The summed E-state index contributed by atoms with van der Waals surface area (Å²) in [5.41, 5.74) is 2.58. The van der Waals surface area contributed by atoms with E-state index in [1.807, 2.05) is 6.07 Å². The first-order chi connectivity index (χ1) is 9.61. The van der Waals surface area contributed by atoms with E-state index < -0.39 is 0 Å². The molecule has 1 saturated heterocycles. The molecular formula is C17H27ClN2. The number of anilines is 1. The quantitative estimate of drug-likeness (QED) is 0.840. The van der Waals surface area contributed by atoms with Gasteiger partial charge in [-0.05, 0) is 36.4 Å². The number of benzene rings is 1. The number of nitrogens with one attached hydrogen (secondary N) is 1. The Labute approximate surface area is 128 Å². The van der Waals surface area contributed by atoms with Crippen LogP contribution < -0.4 is 10.2 Å². The molecule has 1 aromatic rings. The van der Waals surface area contributed by atoms with Gasteiger partial charge in [-0.2, -0.15) is 0 Å². The molecule has 1 N–H and O–H groups in total. The number of hydrogen-bond donors (Lipinski definition) is 1. The third-order valence-electron chi connectivity index (χ3n) is 4.12. The SMILES string of the molecule is CCC1CCN(c2c(Cl)cccc2CNCC(C)C)C1. The highest BCUT2D eigenvalue weighted by Gasteiger charge is 2.24. The first-order valence-electron chi connectivity index (χ1n) is 7.84. The molecule has 1 heterocycles. The normalized spacial score (nSPS) is 19.1. The fourth-order valence-electron chi connectivity index (χ4n) is 2.92. The van der Waals surface area contributed by atoms with Crippen molar-refractivity contribution in [3.63, 3.8) is 0 Å². The van der Waals surface area contributed by atoms with Crippen LogP contribution in [0.25, 0.3) is 0 Å². The van der Waals surface area contributed by atoms with Crippen molar-refractivity contribution in [1.29, 1.82) is 0 Å². The van der Waals surface area contributed by atoms with Gasteiger partial charge in [-0.25, -0.2) is 0 Å². The number of halogens is 1. The van der Waals surface area contributed by atoms with Crippen molar-refractivity contribution in [2.24, 2.45) is 11.8 Å². The lowest BCUT2D eigenvalue weighted by molar-refractivity contribution is 0.551. The van der Waals surface area contributed by atoms with Crippen molar-refractivity contribution in [2.45, 2.75) is 40.2 Å². The van der Waals surface area contributed by atoms with Gasteiger partial charge in [0.2, 0.25) is 0 Å². The van der Waals surface area contributed by atoms with E-state index in [9.17, 15) is 0 Å². The lowest BCUT2D eigenvalue weighted by Gasteiger charge is -2.24. The number of nitrogens with zero attached hydrogens (tertiary/aromatic N) is 1. The van der Waals surface area contributed by atoms with Crippen LogP contribution in [-0.2, 0) is 6.54 Å². The van der Waals surface area contributed by atoms with E-state index in [0.29, 0.717) is 5.92 Å². The van der Waals surface area contributed by atoms with Gasteiger partial charge in [0, 0.05) is 19.6 Å². The van der Waals surface area contributed by atoms with E-state index in [1.54, 1.807) is 0 Å². The Balaban J connectivity index is 2.10. The summed E-state index contributed by atoms with van der Waals surface area (Å²) in [6, 6.07) is 6.28. The smallest absolute Gasteiger partial charge is 0.0642 e. The average Bonchev–Trinajstić information content (AvgIpc) is 2.87. The third-order valence-corrected chi connectivity index (χ3v) is 4.42. The van der Waals surface area contributed by atoms with Gasteiger partial charge in [-0.1, -0.05) is 50.9 Å². The molecule has 1 fully saturated rings. The lowest BCUT2D eigenvalue weighted by Crippen LogP contribution is -2.24. The van der Waals surface area contributed by atoms with Crippen molar-refractivity contribution in [3.8, 4) is 0 Å². The second-order valence-electron chi connectivity index (χ2n) is 6.28. The van der Waals surface area contributed by atoms with Crippen molar-refractivity contribution in [3.05, 3.63) is 28.8 Å². The zero-order valence-corrected chi connectivity index (χ0v) is 13.7. The molecule has 1 unspecified atom stereocenters. The monoisotopic (exact) mass is 294 g/mol. The summed E-state index contributed by atoms with van der Waals surface area (Å²) in [7, 11) is 0. The summed E-state index contributed by atoms with van der Waals surface area (Å²) >= 11 is 6.47. The van der Waals surface area contributed by atoms with E-state index in [2.05, 4.69) is 43.1 Å². The van der Waals surface area contributed by atoms with E-state index in [1.165, 1.54) is 24.1 Å². The molecule has 0 saturated carbocycles. The number of rotatable bonds is 6. The van der Waals surface area contributed by atoms with E-state index in [4.69, 9.17) is 11.6 Å². The van der Waals surface area contributed by atoms with Crippen molar-refractivity contribution >= 4 is 17.3 Å². The highest BCUT2D eigenvalue weighted by molar-refractivity contribution is 6.33. The fraction of sp³-hybridized carbons (Fsp3) is 0.647. The van der Waals surface area contributed by atoms with Gasteiger partial charge < -0.3 is 10.2 Å². The van der Waals surface area contributed by atoms with E-state index in [-0.39, 0.29) is 0 Å². The molecule has 1 atom stereocenters. The van der Waals surface area contributed by atoms with Crippen LogP contribution in [0.5, 0.6) is 0 Å².